The zero-order valence-corrected chi connectivity index (χ0v) is 22.0. The number of carbonyl (C=O) groups excluding carboxylic acids is 2. The van der Waals surface area contributed by atoms with Gasteiger partial charge in [0.2, 0.25) is 0 Å². The summed E-state index contributed by atoms with van der Waals surface area (Å²) in [6.45, 7) is 11.1. The number of amides is 2. The van der Waals surface area contributed by atoms with Crippen molar-refractivity contribution < 1.29 is 19.1 Å². The first-order valence-electron chi connectivity index (χ1n) is 13.2. The Morgan fingerprint density at radius 1 is 0.944 bits per heavy atom. The van der Waals surface area contributed by atoms with Gasteiger partial charge in [0.25, 0.3) is 5.91 Å². The Labute approximate surface area is 214 Å². The Balaban J connectivity index is 1.46. The maximum absolute atomic E-state index is 13.0. The Bertz CT molecular complexity index is 1140. The van der Waals surface area contributed by atoms with Crippen molar-refractivity contribution in [2.45, 2.75) is 84.0 Å². The van der Waals surface area contributed by atoms with Crippen LogP contribution in [0.2, 0.25) is 0 Å². The lowest BCUT2D eigenvalue weighted by molar-refractivity contribution is 0.00612. The quantitative estimate of drug-likeness (QED) is 0.499. The number of rotatable bonds is 4. The fourth-order valence-electron chi connectivity index (χ4n) is 5.98. The normalized spacial score (nSPS) is 22.4. The number of fused-ring (bicyclic) bond motifs is 4. The number of carbonyl (C=O) groups is 2. The summed E-state index contributed by atoms with van der Waals surface area (Å²) in [5.41, 5.74) is 2.13. The summed E-state index contributed by atoms with van der Waals surface area (Å²) >= 11 is 0. The van der Waals surface area contributed by atoms with E-state index in [9.17, 15) is 9.59 Å². The second kappa shape index (κ2) is 9.34. The molecule has 0 N–H and O–H groups in total. The number of hydrogen-bond donors (Lipinski definition) is 0. The molecule has 2 aromatic rings. The van der Waals surface area contributed by atoms with Crippen LogP contribution in [-0.2, 0) is 4.74 Å². The van der Waals surface area contributed by atoms with Crippen molar-refractivity contribution in [1.29, 1.82) is 0 Å². The molecule has 3 aliphatic heterocycles. The third-order valence-corrected chi connectivity index (χ3v) is 7.54. The van der Waals surface area contributed by atoms with E-state index in [1.54, 1.807) is 0 Å². The first kappa shape index (κ1) is 24.5. The molecule has 7 nitrogen and oxygen atoms in total. The maximum atomic E-state index is 13.0. The van der Waals surface area contributed by atoms with Gasteiger partial charge in [-0.05, 0) is 90.6 Å². The summed E-state index contributed by atoms with van der Waals surface area (Å²) in [6, 6.07) is 14.4. The number of anilines is 2. The van der Waals surface area contributed by atoms with Gasteiger partial charge in [-0.3, -0.25) is 4.79 Å². The molecular weight excluding hydrogens is 454 g/mol. The third kappa shape index (κ3) is 4.40. The monoisotopic (exact) mass is 491 g/mol. The van der Waals surface area contributed by atoms with Crippen LogP contribution in [0.1, 0.15) is 70.7 Å². The van der Waals surface area contributed by atoms with Crippen LogP contribution in [0.15, 0.2) is 42.5 Å². The largest absolute Gasteiger partial charge is 0.453 e. The Hall–Kier alpha value is -3.22. The first-order chi connectivity index (χ1) is 17.2. The molecule has 2 bridgehead atoms. The molecule has 0 saturated carbocycles. The van der Waals surface area contributed by atoms with Crippen molar-refractivity contribution in [3.8, 4) is 11.5 Å². The molecule has 0 radical (unpaired) electrons. The van der Waals surface area contributed by atoms with Gasteiger partial charge < -0.3 is 24.2 Å². The highest BCUT2D eigenvalue weighted by atomic mass is 16.6. The van der Waals surface area contributed by atoms with E-state index in [1.807, 2.05) is 80.8 Å². The molecule has 0 aliphatic carbocycles. The molecule has 192 valence electrons. The first-order valence-corrected chi connectivity index (χ1v) is 13.2. The van der Waals surface area contributed by atoms with Crippen LogP contribution < -0.4 is 9.64 Å². The molecule has 5 rings (SSSR count). The van der Waals surface area contributed by atoms with Crippen molar-refractivity contribution in [3.63, 3.8) is 0 Å². The van der Waals surface area contributed by atoms with E-state index in [0.717, 1.165) is 42.8 Å². The lowest BCUT2D eigenvalue weighted by atomic mass is 9.94. The predicted molar refractivity (Wildman–Crippen MR) is 140 cm³/mol. The Kier molecular flexibility index (Phi) is 6.35. The summed E-state index contributed by atoms with van der Waals surface area (Å²) < 4.78 is 12.1. The number of ether oxygens (including phenoxy) is 2. The van der Waals surface area contributed by atoms with Crippen LogP contribution in [0, 0.1) is 0 Å². The van der Waals surface area contributed by atoms with Crippen LogP contribution in [0.4, 0.5) is 16.2 Å². The van der Waals surface area contributed by atoms with Gasteiger partial charge in [0, 0.05) is 36.8 Å². The molecule has 2 atom stereocenters. The van der Waals surface area contributed by atoms with Gasteiger partial charge in [-0.15, -0.1) is 0 Å². The summed E-state index contributed by atoms with van der Waals surface area (Å²) in [5, 5.41) is 0. The van der Waals surface area contributed by atoms with E-state index in [4.69, 9.17) is 9.47 Å². The minimum Gasteiger partial charge on any atom is -0.453 e. The zero-order chi connectivity index (χ0) is 25.6. The van der Waals surface area contributed by atoms with Crippen LogP contribution in [0.3, 0.4) is 0 Å². The maximum Gasteiger partial charge on any atom is 0.410 e. The molecule has 3 aliphatic rings. The molecule has 0 spiro atoms. The third-order valence-electron chi connectivity index (χ3n) is 7.54. The molecule has 2 aromatic carbocycles. The molecule has 2 saturated heterocycles. The average molecular weight is 492 g/mol. The second-order valence-corrected chi connectivity index (χ2v) is 11.0. The van der Waals surface area contributed by atoms with E-state index in [0.29, 0.717) is 24.4 Å². The van der Waals surface area contributed by atoms with E-state index >= 15 is 0 Å². The van der Waals surface area contributed by atoms with Gasteiger partial charge in [-0.1, -0.05) is 12.1 Å². The Morgan fingerprint density at radius 3 is 2.22 bits per heavy atom. The average Bonchev–Trinajstić information content (AvgIpc) is 3.11. The van der Waals surface area contributed by atoms with Crippen molar-refractivity contribution >= 4 is 23.4 Å². The highest BCUT2D eigenvalue weighted by molar-refractivity contribution is 5.96. The van der Waals surface area contributed by atoms with Crippen LogP contribution in [0.25, 0.3) is 0 Å². The van der Waals surface area contributed by atoms with E-state index in [1.165, 1.54) is 0 Å². The summed E-state index contributed by atoms with van der Waals surface area (Å²) in [5.74, 6) is 1.51. The highest BCUT2D eigenvalue weighted by Gasteiger charge is 2.47. The highest BCUT2D eigenvalue weighted by Crippen LogP contribution is 2.51. The van der Waals surface area contributed by atoms with Gasteiger partial charge in [-0.25, -0.2) is 4.79 Å². The molecule has 7 heteroatoms. The fourth-order valence-corrected chi connectivity index (χ4v) is 5.98. The molecule has 0 aromatic heterocycles. The summed E-state index contributed by atoms with van der Waals surface area (Å²) in [7, 11) is 0. The minimum atomic E-state index is -0.504. The SMILES string of the molecule is CCN(CC)C(=O)c1ccc2c(c1)Oc1ccccc1N2C1CC2CCC(C1)N2C(=O)OC(C)(C)C. The van der Waals surface area contributed by atoms with Crippen molar-refractivity contribution in [1.82, 2.24) is 9.80 Å². The van der Waals surface area contributed by atoms with Gasteiger partial charge in [-0.2, -0.15) is 0 Å². The lowest BCUT2D eigenvalue weighted by Crippen LogP contribution is -2.53. The van der Waals surface area contributed by atoms with E-state index < -0.39 is 5.60 Å². The molecule has 2 unspecified atom stereocenters. The van der Waals surface area contributed by atoms with Crippen LogP contribution in [-0.4, -0.2) is 58.6 Å². The van der Waals surface area contributed by atoms with Gasteiger partial charge in [0.05, 0.1) is 11.4 Å². The Morgan fingerprint density at radius 2 is 1.58 bits per heavy atom. The number of hydrogen-bond acceptors (Lipinski definition) is 5. The molecule has 3 heterocycles. The van der Waals surface area contributed by atoms with Crippen molar-refractivity contribution in [3.05, 3.63) is 48.0 Å². The summed E-state index contributed by atoms with van der Waals surface area (Å²) in [6.07, 6.45) is 3.52. The fraction of sp³-hybridized carbons (Fsp3) is 0.517. The zero-order valence-electron chi connectivity index (χ0n) is 22.0. The molecular formula is C29H37N3O4. The van der Waals surface area contributed by atoms with Gasteiger partial charge >= 0.3 is 6.09 Å². The van der Waals surface area contributed by atoms with E-state index in [2.05, 4.69) is 11.0 Å². The van der Waals surface area contributed by atoms with Crippen molar-refractivity contribution in [2.24, 2.45) is 0 Å². The topological polar surface area (TPSA) is 62.3 Å². The lowest BCUT2D eigenvalue weighted by Gasteiger charge is -2.45. The number of para-hydroxylation sites is 2. The van der Waals surface area contributed by atoms with Gasteiger partial charge in [0.1, 0.15) is 5.60 Å². The number of nitrogens with zero attached hydrogens (tertiary/aromatic N) is 3. The summed E-state index contributed by atoms with van der Waals surface area (Å²) in [4.78, 5) is 32.2. The van der Waals surface area contributed by atoms with E-state index in [-0.39, 0.29) is 30.1 Å². The van der Waals surface area contributed by atoms with Crippen LogP contribution in [0.5, 0.6) is 11.5 Å². The molecule has 2 amide bonds. The smallest absolute Gasteiger partial charge is 0.410 e. The second-order valence-electron chi connectivity index (χ2n) is 11.0. The van der Waals surface area contributed by atoms with Gasteiger partial charge in [0.15, 0.2) is 11.5 Å². The minimum absolute atomic E-state index is 0.0144. The number of benzene rings is 2. The molecule has 36 heavy (non-hydrogen) atoms. The predicted octanol–water partition coefficient (Wildman–Crippen LogP) is 6.34. The van der Waals surface area contributed by atoms with Crippen LogP contribution >= 0.6 is 0 Å². The molecule has 2 fully saturated rings. The number of piperidine rings is 1. The van der Waals surface area contributed by atoms with Crippen molar-refractivity contribution in [2.75, 3.05) is 18.0 Å². The standard InChI is InChI=1S/C29H37N3O4/c1-6-30(7-2)27(33)19-12-15-24-26(16-19)35-25-11-9-8-10-23(25)32(24)22-17-20-13-14-21(18-22)31(20)28(34)36-29(3,4)5/h8-12,15-16,20-22H,6-7,13-14,17-18H2,1-5H3.